The zero-order valence-electron chi connectivity index (χ0n) is 9.92. The van der Waals surface area contributed by atoms with Crippen molar-refractivity contribution in [1.29, 1.82) is 0 Å². The van der Waals surface area contributed by atoms with Gasteiger partial charge in [-0.05, 0) is 37.5 Å². The second-order valence-electron chi connectivity index (χ2n) is 4.35. The number of carbonyl (C=O) groups excluding carboxylic acids is 1. The van der Waals surface area contributed by atoms with Crippen LogP contribution < -0.4 is 5.32 Å². The minimum Gasteiger partial charge on any atom is -0.378 e. The highest BCUT2D eigenvalue weighted by Gasteiger charge is 2.17. The molecule has 1 heterocycles. The maximum absolute atomic E-state index is 13.4. The molecule has 0 aliphatic carbocycles. The summed E-state index contributed by atoms with van der Waals surface area (Å²) in [6.07, 6.45) is 3.25. The third-order valence-electron chi connectivity index (χ3n) is 2.92. The highest BCUT2D eigenvalue weighted by molar-refractivity contribution is 6.30. The van der Waals surface area contributed by atoms with Gasteiger partial charge in [0.1, 0.15) is 5.82 Å². The minimum atomic E-state index is -0.520. The first-order chi connectivity index (χ1) is 8.65. The normalized spacial score (nSPS) is 18.9. The molecule has 1 fully saturated rings. The van der Waals surface area contributed by atoms with Crippen molar-refractivity contribution >= 4 is 23.2 Å². The third kappa shape index (κ3) is 3.68. The van der Waals surface area contributed by atoms with Crippen molar-refractivity contribution in [2.24, 2.45) is 0 Å². The summed E-state index contributed by atoms with van der Waals surface area (Å²) in [6, 6.07) is 4.18. The number of halogens is 2. The average Bonchev–Trinajstić information content (AvgIpc) is 2.83. The lowest BCUT2D eigenvalue weighted by atomic mass is 10.1. The number of benzene rings is 1. The van der Waals surface area contributed by atoms with E-state index in [0.29, 0.717) is 17.9 Å². The van der Waals surface area contributed by atoms with E-state index < -0.39 is 5.82 Å². The molecule has 0 aromatic heterocycles. The molecule has 3 nitrogen and oxygen atoms in total. The fraction of sp³-hybridized carbons (Fsp3) is 0.462. The van der Waals surface area contributed by atoms with E-state index in [4.69, 9.17) is 16.3 Å². The monoisotopic (exact) mass is 271 g/mol. The molecule has 1 saturated heterocycles. The van der Waals surface area contributed by atoms with Gasteiger partial charge in [0.15, 0.2) is 0 Å². The smallest absolute Gasteiger partial charge is 0.224 e. The van der Waals surface area contributed by atoms with Crippen LogP contribution in [-0.4, -0.2) is 18.6 Å². The van der Waals surface area contributed by atoms with Crippen LogP contribution in [0.15, 0.2) is 18.2 Å². The summed E-state index contributed by atoms with van der Waals surface area (Å²) in [5.74, 6) is -0.723. The van der Waals surface area contributed by atoms with Gasteiger partial charge in [0.05, 0.1) is 11.8 Å². The quantitative estimate of drug-likeness (QED) is 0.912. The number of rotatable bonds is 4. The van der Waals surface area contributed by atoms with E-state index in [2.05, 4.69) is 5.32 Å². The lowest BCUT2D eigenvalue weighted by Crippen LogP contribution is -2.15. The Labute approximate surface area is 110 Å². The van der Waals surface area contributed by atoms with Gasteiger partial charge in [-0.3, -0.25) is 4.79 Å². The van der Waals surface area contributed by atoms with Gasteiger partial charge in [-0.25, -0.2) is 4.39 Å². The largest absolute Gasteiger partial charge is 0.378 e. The molecule has 5 heteroatoms. The van der Waals surface area contributed by atoms with Crippen LogP contribution in [0.4, 0.5) is 10.1 Å². The molecule has 0 bridgehead atoms. The Bertz CT molecular complexity index is 433. The summed E-state index contributed by atoms with van der Waals surface area (Å²) in [5.41, 5.74) is 0.164. The van der Waals surface area contributed by atoms with Gasteiger partial charge in [-0.1, -0.05) is 11.6 Å². The molecule has 18 heavy (non-hydrogen) atoms. The lowest BCUT2D eigenvalue weighted by molar-refractivity contribution is -0.116. The molecule has 1 aliphatic rings. The van der Waals surface area contributed by atoms with Crippen LogP contribution in [0.1, 0.15) is 25.7 Å². The highest BCUT2D eigenvalue weighted by Crippen LogP contribution is 2.20. The van der Waals surface area contributed by atoms with Crippen molar-refractivity contribution in [2.75, 3.05) is 11.9 Å². The van der Waals surface area contributed by atoms with E-state index in [1.54, 1.807) is 6.07 Å². The van der Waals surface area contributed by atoms with Crippen LogP contribution in [0.25, 0.3) is 0 Å². The van der Waals surface area contributed by atoms with Crippen molar-refractivity contribution < 1.29 is 13.9 Å². The van der Waals surface area contributed by atoms with Crippen molar-refractivity contribution in [3.8, 4) is 0 Å². The molecule has 1 amide bonds. The summed E-state index contributed by atoms with van der Waals surface area (Å²) >= 11 is 5.63. The van der Waals surface area contributed by atoms with Crippen molar-refractivity contribution in [1.82, 2.24) is 0 Å². The maximum Gasteiger partial charge on any atom is 0.224 e. The number of amides is 1. The highest BCUT2D eigenvalue weighted by atomic mass is 35.5. The summed E-state index contributed by atoms with van der Waals surface area (Å²) in [7, 11) is 0. The Morgan fingerprint density at radius 1 is 1.56 bits per heavy atom. The number of anilines is 1. The van der Waals surface area contributed by atoms with Crippen LogP contribution in [0.2, 0.25) is 5.02 Å². The number of carbonyl (C=O) groups is 1. The predicted molar refractivity (Wildman–Crippen MR) is 68.2 cm³/mol. The van der Waals surface area contributed by atoms with Gasteiger partial charge >= 0.3 is 0 Å². The van der Waals surface area contributed by atoms with E-state index in [1.807, 2.05) is 0 Å². The molecular formula is C13H15ClFNO2. The second-order valence-corrected chi connectivity index (χ2v) is 4.78. The van der Waals surface area contributed by atoms with Gasteiger partial charge in [-0.2, -0.15) is 0 Å². The third-order valence-corrected chi connectivity index (χ3v) is 3.16. The summed E-state index contributed by atoms with van der Waals surface area (Å²) in [5, 5.41) is 2.84. The van der Waals surface area contributed by atoms with Gasteiger partial charge in [0.25, 0.3) is 0 Å². The zero-order valence-corrected chi connectivity index (χ0v) is 10.7. The second kappa shape index (κ2) is 6.16. The van der Waals surface area contributed by atoms with E-state index >= 15 is 0 Å². The molecular weight excluding hydrogens is 257 g/mol. The minimum absolute atomic E-state index is 0.164. The molecule has 1 aliphatic heterocycles. The number of hydrogen-bond acceptors (Lipinski definition) is 2. The standard InChI is InChI=1S/C13H15ClFNO2/c14-9-3-5-12(11(15)8-9)16-13(17)6-4-10-2-1-7-18-10/h3,5,8,10H,1-2,4,6-7H2,(H,16,17)/t10-/m0/s1. The summed E-state index contributed by atoms with van der Waals surface area (Å²) < 4.78 is 18.8. The zero-order chi connectivity index (χ0) is 13.0. The Morgan fingerprint density at radius 2 is 2.39 bits per heavy atom. The Balaban J connectivity index is 1.82. The molecule has 1 aromatic rings. The van der Waals surface area contributed by atoms with Crippen molar-refractivity contribution in [2.45, 2.75) is 31.8 Å². The van der Waals surface area contributed by atoms with Crippen molar-refractivity contribution in [3.63, 3.8) is 0 Å². The first-order valence-electron chi connectivity index (χ1n) is 6.01. The molecule has 1 N–H and O–H groups in total. The van der Waals surface area contributed by atoms with E-state index in [9.17, 15) is 9.18 Å². The molecule has 0 spiro atoms. The summed E-state index contributed by atoms with van der Waals surface area (Å²) in [6.45, 7) is 0.776. The number of hydrogen-bond donors (Lipinski definition) is 1. The first-order valence-corrected chi connectivity index (χ1v) is 6.39. The molecule has 0 radical (unpaired) electrons. The average molecular weight is 272 g/mol. The molecule has 1 atom stereocenters. The Kier molecular flexibility index (Phi) is 4.55. The van der Waals surface area contributed by atoms with Gasteiger partial charge in [0.2, 0.25) is 5.91 Å². The van der Waals surface area contributed by atoms with E-state index in [-0.39, 0.29) is 17.7 Å². The number of nitrogens with one attached hydrogen (secondary N) is 1. The molecule has 2 rings (SSSR count). The number of ether oxygens (including phenoxy) is 1. The van der Waals surface area contributed by atoms with Crippen LogP contribution in [0.5, 0.6) is 0 Å². The van der Waals surface area contributed by atoms with Crippen LogP contribution in [-0.2, 0) is 9.53 Å². The van der Waals surface area contributed by atoms with Crippen LogP contribution in [0, 0.1) is 5.82 Å². The topological polar surface area (TPSA) is 38.3 Å². The predicted octanol–water partition coefficient (Wildman–Crippen LogP) is 3.38. The maximum atomic E-state index is 13.4. The fourth-order valence-electron chi connectivity index (χ4n) is 1.97. The Hall–Kier alpha value is -1.13. The van der Waals surface area contributed by atoms with E-state index in [0.717, 1.165) is 19.4 Å². The van der Waals surface area contributed by atoms with Crippen molar-refractivity contribution in [3.05, 3.63) is 29.0 Å². The molecule has 0 saturated carbocycles. The lowest BCUT2D eigenvalue weighted by Gasteiger charge is -2.10. The molecule has 0 unspecified atom stereocenters. The first kappa shape index (κ1) is 13.3. The molecule has 1 aromatic carbocycles. The molecule has 98 valence electrons. The Morgan fingerprint density at radius 3 is 3.06 bits per heavy atom. The van der Waals surface area contributed by atoms with E-state index in [1.165, 1.54) is 12.1 Å². The summed E-state index contributed by atoms with van der Waals surface area (Å²) in [4.78, 5) is 11.6. The van der Waals surface area contributed by atoms with Crippen LogP contribution >= 0.6 is 11.6 Å². The van der Waals surface area contributed by atoms with Crippen LogP contribution in [0.3, 0.4) is 0 Å². The van der Waals surface area contributed by atoms with Gasteiger partial charge < -0.3 is 10.1 Å². The SMILES string of the molecule is O=C(CC[C@@H]1CCCO1)Nc1ccc(Cl)cc1F. The fourth-order valence-corrected chi connectivity index (χ4v) is 2.13. The van der Waals surface area contributed by atoms with Gasteiger partial charge in [0, 0.05) is 18.1 Å². The van der Waals surface area contributed by atoms with Gasteiger partial charge in [-0.15, -0.1) is 0 Å².